The van der Waals surface area contributed by atoms with Gasteiger partial charge in [0.05, 0.1) is 4.90 Å². The number of sulfonamides is 1. The van der Waals surface area contributed by atoms with Crippen LogP contribution in [0.3, 0.4) is 0 Å². The average Bonchev–Trinajstić information content (AvgIpc) is 2.28. The number of benzene rings is 1. The lowest BCUT2D eigenvalue weighted by atomic mass is 10.2. The second-order valence-corrected chi connectivity index (χ2v) is 7.53. The molecule has 1 heterocycles. The molecule has 0 saturated carbocycles. The molecule has 1 aliphatic heterocycles. The van der Waals surface area contributed by atoms with Gasteiger partial charge in [-0.3, -0.25) is 0 Å². The highest BCUT2D eigenvalue weighted by Crippen LogP contribution is 2.21. The molecular formula is C12H18N2O2S2. The van der Waals surface area contributed by atoms with E-state index >= 15 is 0 Å². The number of nitrogens with two attached hydrogens (primary N) is 1. The monoisotopic (exact) mass is 286 g/mol. The average molecular weight is 286 g/mol. The van der Waals surface area contributed by atoms with Crippen LogP contribution >= 0.6 is 11.8 Å². The highest BCUT2D eigenvalue weighted by atomic mass is 32.2. The molecule has 0 bridgehead atoms. The van der Waals surface area contributed by atoms with Gasteiger partial charge >= 0.3 is 0 Å². The van der Waals surface area contributed by atoms with E-state index in [0.717, 1.165) is 29.9 Å². The summed E-state index contributed by atoms with van der Waals surface area (Å²) < 4.78 is 27.2. The molecule has 2 rings (SSSR count). The maximum Gasteiger partial charge on any atom is 0.240 e. The molecule has 0 amide bonds. The Morgan fingerprint density at radius 1 is 1.28 bits per heavy atom. The molecule has 1 aromatic rings. The molecule has 0 aliphatic carbocycles. The van der Waals surface area contributed by atoms with Crippen molar-refractivity contribution >= 4 is 27.5 Å². The first-order chi connectivity index (χ1) is 8.47. The van der Waals surface area contributed by atoms with Gasteiger partial charge in [0, 0.05) is 11.7 Å². The smallest absolute Gasteiger partial charge is 0.240 e. The second kappa shape index (κ2) is 5.50. The normalized spacial score (nSPS) is 17.8. The molecule has 0 spiro atoms. The van der Waals surface area contributed by atoms with Crippen LogP contribution in [0.4, 0.5) is 5.69 Å². The predicted molar refractivity (Wildman–Crippen MR) is 76.3 cm³/mol. The summed E-state index contributed by atoms with van der Waals surface area (Å²) in [5, 5.41) is 0. The standard InChI is InChI=1S/C12H18N2O2S2/c1-9-6-10(13)8-12(7-9)18(15,16)14-11-2-4-17-5-3-11/h6-8,11,14H,2-5,13H2,1H3. The summed E-state index contributed by atoms with van der Waals surface area (Å²) in [6.45, 7) is 1.84. The number of aryl methyl sites for hydroxylation is 1. The van der Waals surface area contributed by atoms with E-state index in [1.54, 1.807) is 12.1 Å². The number of thioether (sulfide) groups is 1. The van der Waals surface area contributed by atoms with E-state index in [1.165, 1.54) is 6.07 Å². The molecular weight excluding hydrogens is 268 g/mol. The van der Waals surface area contributed by atoms with Gasteiger partial charge in [0.2, 0.25) is 10.0 Å². The maximum absolute atomic E-state index is 12.2. The van der Waals surface area contributed by atoms with Crippen molar-refractivity contribution in [3.8, 4) is 0 Å². The maximum atomic E-state index is 12.2. The third-order valence-electron chi connectivity index (χ3n) is 2.93. The third-order valence-corrected chi connectivity index (χ3v) is 5.48. The van der Waals surface area contributed by atoms with Crippen LogP contribution in [0.1, 0.15) is 18.4 Å². The molecule has 100 valence electrons. The van der Waals surface area contributed by atoms with Crippen molar-refractivity contribution in [2.45, 2.75) is 30.7 Å². The van der Waals surface area contributed by atoms with Gasteiger partial charge in [0.25, 0.3) is 0 Å². The van der Waals surface area contributed by atoms with Crippen molar-refractivity contribution in [2.24, 2.45) is 0 Å². The predicted octanol–water partition coefficient (Wildman–Crippen LogP) is 1.75. The van der Waals surface area contributed by atoms with E-state index in [2.05, 4.69) is 4.72 Å². The zero-order valence-corrected chi connectivity index (χ0v) is 12.0. The Kier molecular flexibility index (Phi) is 4.19. The van der Waals surface area contributed by atoms with E-state index < -0.39 is 10.0 Å². The number of hydrogen-bond donors (Lipinski definition) is 2. The molecule has 0 radical (unpaired) electrons. The van der Waals surface area contributed by atoms with Crippen molar-refractivity contribution in [3.05, 3.63) is 23.8 Å². The second-order valence-electron chi connectivity index (χ2n) is 4.59. The van der Waals surface area contributed by atoms with Crippen LogP contribution in [0.5, 0.6) is 0 Å². The Morgan fingerprint density at radius 2 is 1.94 bits per heavy atom. The summed E-state index contributed by atoms with van der Waals surface area (Å²) in [6, 6.07) is 4.97. The van der Waals surface area contributed by atoms with E-state index in [-0.39, 0.29) is 10.9 Å². The largest absolute Gasteiger partial charge is 0.399 e. The summed E-state index contributed by atoms with van der Waals surface area (Å²) in [7, 11) is -3.44. The fraction of sp³-hybridized carbons (Fsp3) is 0.500. The minimum absolute atomic E-state index is 0.0537. The van der Waals surface area contributed by atoms with Crippen LogP contribution in [0.25, 0.3) is 0 Å². The molecule has 0 atom stereocenters. The van der Waals surface area contributed by atoms with Crippen molar-refractivity contribution in [1.29, 1.82) is 0 Å². The van der Waals surface area contributed by atoms with Crippen molar-refractivity contribution in [1.82, 2.24) is 4.72 Å². The van der Waals surface area contributed by atoms with Crippen molar-refractivity contribution in [3.63, 3.8) is 0 Å². The number of nitrogen functional groups attached to an aromatic ring is 1. The first-order valence-corrected chi connectivity index (χ1v) is 8.58. The fourth-order valence-corrected chi connectivity index (χ4v) is 4.58. The number of rotatable bonds is 3. The Bertz CT molecular complexity index is 503. The van der Waals surface area contributed by atoms with Gasteiger partial charge < -0.3 is 5.73 Å². The van der Waals surface area contributed by atoms with Crippen LogP contribution in [0.15, 0.2) is 23.1 Å². The zero-order valence-electron chi connectivity index (χ0n) is 10.3. The van der Waals surface area contributed by atoms with Crippen molar-refractivity contribution < 1.29 is 8.42 Å². The van der Waals surface area contributed by atoms with Gasteiger partial charge in [-0.1, -0.05) is 0 Å². The SMILES string of the molecule is Cc1cc(N)cc(S(=O)(=O)NC2CCSCC2)c1. The van der Waals surface area contributed by atoms with Gasteiger partial charge in [0.15, 0.2) is 0 Å². The van der Waals surface area contributed by atoms with E-state index in [1.807, 2.05) is 18.7 Å². The van der Waals surface area contributed by atoms with E-state index in [0.29, 0.717) is 5.69 Å². The zero-order chi connectivity index (χ0) is 13.2. The van der Waals surface area contributed by atoms with E-state index in [4.69, 9.17) is 5.73 Å². The third kappa shape index (κ3) is 3.40. The molecule has 0 aromatic heterocycles. The molecule has 1 saturated heterocycles. The van der Waals surface area contributed by atoms with Crippen molar-refractivity contribution in [2.75, 3.05) is 17.2 Å². The van der Waals surface area contributed by atoms with Crippen LogP contribution in [-0.4, -0.2) is 26.0 Å². The van der Waals surface area contributed by atoms with E-state index in [9.17, 15) is 8.42 Å². The first-order valence-electron chi connectivity index (χ1n) is 5.94. The van der Waals surface area contributed by atoms with Gasteiger partial charge in [-0.25, -0.2) is 13.1 Å². The summed E-state index contributed by atoms with van der Waals surface area (Å²) in [6.07, 6.45) is 1.79. The topological polar surface area (TPSA) is 72.2 Å². The first kappa shape index (κ1) is 13.7. The highest BCUT2D eigenvalue weighted by molar-refractivity contribution is 7.99. The Balaban J connectivity index is 2.19. The van der Waals surface area contributed by atoms with Gasteiger partial charge in [-0.05, 0) is 55.0 Å². The number of hydrogen-bond acceptors (Lipinski definition) is 4. The number of nitrogens with one attached hydrogen (secondary N) is 1. The highest BCUT2D eigenvalue weighted by Gasteiger charge is 2.22. The summed E-state index contributed by atoms with van der Waals surface area (Å²) in [5.41, 5.74) is 7.03. The lowest BCUT2D eigenvalue weighted by Gasteiger charge is -2.22. The summed E-state index contributed by atoms with van der Waals surface area (Å²) in [4.78, 5) is 0.262. The molecule has 1 aliphatic rings. The quantitative estimate of drug-likeness (QED) is 0.830. The molecule has 1 aromatic carbocycles. The fourth-order valence-electron chi connectivity index (χ4n) is 2.03. The Morgan fingerprint density at radius 3 is 2.56 bits per heavy atom. The van der Waals surface area contributed by atoms with Gasteiger partial charge in [0.1, 0.15) is 0 Å². The Hall–Kier alpha value is -0.720. The van der Waals surface area contributed by atoms with Crippen LogP contribution in [0, 0.1) is 6.92 Å². The molecule has 18 heavy (non-hydrogen) atoms. The molecule has 3 N–H and O–H groups in total. The number of anilines is 1. The minimum Gasteiger partial charge on any atom is -0.399 e. The lowest BCUT2D eigenvalue weighted by molar-refractivity contribution is 0.529. The van der Waals surface area contributed by atoms with Crippen LogP contribution in [0.2, 0.25) is 0 Å². The molecule has 6 heteroatoms. The lowest BCUT2D eigenvalue weighted by Crippen LogP contribution is -2.37. The molecule has 4 nitrogen and oxygen atoms in total. The summed E-state index contributed by atoms with van der Waals surface area (Å²) >= 11 is 1.87. The van der Waals surface area contributed by atoms with Crippen LogP contribution in [-0.2, 0) is 10.0 Å². The summed E-state index contributed by atoms with van der Waals surface area (Å²) in [5.74, 6) is 2.03. The minimum atomic E-state index is -3.44. The molecule has 0 unspecified atom stereocenters. The van der Waals surface area contributed by atoms with Gasteiger partial charge in [-0.2, -0.15) is 11.8 Å². The van der Waals surface area contributed by atoms with Gasteiger partial charge in [-0.15, -0.1) is 0 Å². The Labute approximate surface area is 112 Å². The van der Waals surface area contributed by atoms with Crippen LogP contribution < -0.4 is 10.5 Å². The molecule has 1 fully saturated rings.